The molecule has 0 spiro atoms. The molecular formula is C18H18N2O4. The van der Waals surface area contributed by atoms with Crippen molar-refractivity contribution in [3.63, 3.8) is 0 Å². The Morgan fingerprint density at radius 1 is 1.12 bits per heavy atom. The SMILES string of the molecule is COc1ccc(N(C)C(=O)C2(c3ccc([N+](=O)[O-])cc3)CC2)cc1. The quantitative estimate of drug-likeness (QED) is 0.624. The normalized spacial score (nSPS) is 14.8. The number of hydrogen-bond acceptors (Lipinski definition) is 4. The lowest BCUT2D eigenvalue weighted by Crippen LogP contribution is -2.36. The van der Waals surface area contributed by atoms with Crippen LogP contribution in [0.2, 0.25) is 0 Å². The third-order valence-corrected chi connectivity index (χ3v) is 4.55. The van der Waals surface area contributed by atoms with Gasteiger partial charge in [0, 0.05) is 24.9 Å². The molecule has 1 aliphatic carbocycles. The van der Waals surface area contributed by atoms with E-state index in [1.54, 1.807) is 31.2 Å². The van der Waals surface area contributed by atoms with Crippen LogP contribution in [0.5, 0.6) is 5.75 Å². The standard InChI is InChI=1S/C18H18N2O4/c1-19(14-7-9-16(24-2)10-8-14)17(21)18(11-12-18)13-3-5-15(6-4-13)20(22)23/h3-10H,11-12H2,1-2H3. The van der Waals surface area contributed by atoms with E-state index in [-0.39, 0.29) is 11.6 Å². The molecule has 1 aliphatic rings. The highest BCUT2D eigenvalue weighted by Crippen LogP contribution is 2.50. The summed E-state index contributed by atoms with van der Waals surface area (Å²) in [4.78, 5) is 24.9. The predicted molar refractivity (Wildman–Crippen MR) is 90.4 cm³/mol. The van der Waals surface area contributed by atoms with Crippen molar-refractivity contribution in [1.82, 2.24) is 0 Å². The van der Waals surface area contributed by atoms with Crippen molar-refractivity contribution in [2.24, 2.45) is 0 Å². The van der Waals surface area contributed by atoms with E-state index in [0.29, 0.717) is 0 Å². The minimum atomic E-state index is -0.566. The van der Waals surface area contributed by atoms with Crippen molar-refractivity contribution in [3.05, 3.63) is 64.2 Å². The van der Waals surface area contributed by atoms with Gasteiger partial charge in [0.25, 0.3) is 5.69 Å². The first-order valence-electron chi connectivity index (χ1n) is 7.65. The summed E-state index contributed by atoms with van der Waals surface area (Å²) in [5.74, 6) is 0.734. The average molecular weight is 326 g/mol. The number of nitro benzene ring substituents is 1. The molecule has 0 heterocycles. The summed E-state index contributed by atoms with van der Waals surface area (Å²) in [7, 11) is 3.34. The van der Waals surface area contributed by atoms with Gasteiger partial charge in [-0.15, -0.1) is 0 Å². The number of non-ortho nitro benzene ring substituents is 1. The third kappa shape index (κ3) is 2.71. The zero-order valence-electron chi connectivity index (χ0n) is 13.6. The van der Waals surface area contributed by atoms with Gasteiger partial charge in [0.2, 0.25) is 5.91 Å². The van der Waals surface area contributed by atoms with Crippen LogP contribution in [0.3, 0.4) is 0 Å². The molecule has 24 heavy (non-hydrogen) atoms. The van der Waals surface area contributed by atoms with Crippen LogP contribution >= 0.6 is 0 Å². The molecule has 0 radical (unpaired) electrons. The molecule has 2 aromatic carbocycles. The van der Waals surface area contributed by atoms with E-state index in [2.05, 4.69) is 0 Å². The number of likely N-dealkylation sites (N-methyl/N-ethyl adjacent to an activating group) is 1. The molecule has 0 aromatic heterocycles. The van der Waals surface area contributed by atoms with E-state index in [0.717, 1.165) is 29.8 Å². The van der Waals surface area contributed by atoms with Crippen LogP contribution in [-0.2, 0) is 10.2 Å². The summed E-state index contributed by atoms with van der Waals surface area (Å²) in [6.07, 6.45) is 1.51. The molecule has 1 fully saturated rings. The smallest absolute Gasteiger partial charge is 0.269 e. The lowest BCUT2D eigenvalue weighted by molar-refractivity contribution is -0.384. The molecule has 6 heteroatoms. The minimum Gasteiger partial charge on any atom is -0.497 e. The van der Waals surface area contributed by atoms with Crippen molar-refractivity contribution in [2.45, 2.75) is 18.3 Å². The third-order valence-electron chi connectivity index (χ3n) is 4.55. The Hall–Kier alpha value is -2.89. The molecule has 0 unspecified atom stereocenters. The molecule has 3 rings (SSSR count). The van der Waals surface area contributed by atoms with Crippen LogP contribution < -0.4 is 9.64 Å². The number of methoxy groups -OCH3 is 1. The second-order valence-corrected chi connectivity index (χ2v) is 5.95. The predicted octanol–water partition coefficient (Wildman–Crippen LogP) is 3.30. The van der Waals surface area contributed by atoms with Gasteiger partial charge in [-0.2, -0.15) is 0 Å². The lowest BCUT2D eigenvalue weighted by Gasteiger charge is -2.24. The molecule has 6 nitrogen and oxygen atoms in total. The number of nitrogens with zero attached hydrogens (tertiary/aromatic N) is 2. The van der Waals surface area contributed by atoms with Gasteiger partial charge in [0.1, 0.15) is 5.75 Å². The highest BCUT2D eigenvalue weighted by atomic mass is 16.6. The first-order chi connectivity index (χ1) is 11.5. The van der Waals surface area contributed by atoms with E-state index >= 15 is 0 Å². The second kappa shape index (κ2) is 5.96. The van der Waals surface area contributed by atoms with E-state index in [1.807, 2.05) is 24.3 Å². The maximum absolute atomic E-state index is 13.0. The summed E-state index contributed by atoms with van der Waals surface area (Å²) in [6.45, 7) is 0. The second-order valence-electron chi connectivity index (χ2n) is 5.95. The molecule has 0 saturated heterocycles. The number of ether oxygens (including phenoxy) is 1. The van der Waals surface area contributed by atoms with Crippen LogP contribution in [0.1, 0.15) is 18.4 Å². The number of carbonyl (C=O) groups excluding carboxylic acids is 1. The maximum atomic E-state index is 13.0. The van der Waals surface area contributed by atoms with Crippen LogP contribution in [0.4, 0.5) is 11.4 Å². The molecule has 0 bridgehead atoms. The van der Waals surface area contributed by atoms with Gasteiger partial charge in [-0.05, 0) is 42.7 Å². The van der Waals surface area contributed by atoms with Gasteiger partial charge < -0.3 is 9.64 Å². The number of amides is 1. The highest BCUT2D eigenvalue weighted by Gasteiger charge is 2.52. The van der Waals surface area contributed by atoms with Crippen LogP contribution in [0.15, 0.2) is 48.5 Å². The van der Waals surface area contributed by atoms with Crippen molar-refractivity contribution >= 4 is 17.3 Å². The Kier molecular flexibility index (Phi) is 3.97. The topological polar surface area (TPSA) is 72.7 Å². The van der Waals surface area contributed by atoms with E-state index in [9.17, 15) is 14.9 Å². The van der Waals surface area contributed by atoms with Gasteiger partial charge >= 0.3 is 0 Å². The molecule has 124 valence electrons. The van der Waals surface area contributed by atoms with E-state index in [1.165, 1.54) is 12.1 Å². The summed E-state index contributed by atoms with van der Waals surface area (Å²) in [5, 5.41) is 10.8. The first-order valence-corrected chi connectivity index (χ1v) is 7.65. The Morgan fingerprint density at radius 2 is 1.71 bits per heavy atom. The molecular weight excluding hydrogens is 308 g/mol. The zero-order valence-corrected chi connectivity index (χ0v) is 13.6. The average Bonchev–Trinajstić information content (AvgIpc) is 3.42. The van der Waals surface area contributed by atoms with Crippen LogP contribution in [-0.4, -0.2) is 25.0 Å². The van der Waals surface area contributed by atoms with Gasteiger partial charge in [0.05, 0.1) is 17.4 Å². The summed E-state index contributed by atoms with van der Waals surface area (Å²) >= 11 is 0. The molecule has 0 atom stereocenters. The Bertz CT molecular complexity index is 765. The van der Waals surface area contributed by atoms with E-state index in [4.69, 9.17) is 4.74 Å². The van der Waals surface area contributed by atoms with Crippen LogP contribution in [0, 0.1) is 10.1 Å². The summed E-state index contributed by atoms with van der Waals surface area (Å²) in [6, 6.07) is 13.6. The van der Waals surface area contributed by atoms with Gasteiger partial charge in [0.15, 0.2) is 0 Å². The Labute approximate surface area is 139 Å². The monoisotopic (exact) mass is 326 g/mol. The minimum absolute atomic E-state index is 0.00141. The molecule has 1 saturated carbocycles. The number of hydrogen-bond donors (Lipinski definition) is 0. The molecule has 1 amide bonds. The Morgan fingerprint density at radius 3 is 2.17 bits per heavy atom. The maximum Gasteiger partial charge on any atom is 0.269 e. The van der Waals surface area contributed by atoms with Crippen LogP contribution in [0.25, 0.3) is 0 Å². The van der Waals surface area contributed by atoms with Crippen molar-refractivity contribution in [2.75, 3.05) is 19.1 Å². The van der Waals surface area contributed by atoms with E-state index < -0.39 is 10.3 Å². The number of rotatable bonds is 5. The number of nitro groups is 1. The number of benzene rings is 2. The largest absolute Gasteiger partial charge is 0.497 e. The first kappa shape index (κ1) is 16.0. The molecule has 2 aromatic rings. The summed E-state index contributed by atoms with van der Waals surface area (Å²) in [5.41, 5.74) is 1.09. The van der Waals surface area contributed by atoms with Crippen molar-refractivity contribution in [3.8, 4) is 5.75 Å². The zero-order chi connectivity index (χ0) is 17.3. The number of carbonyl (C=O) groups is 1. The fraction of sp³-hybridized carbons (Fsp3) is 0.278. The lowest BCUT2D eigenvalue weighted by atomic mass is 9.94. The summed E-state index contributed by atoms with van der Waals surface area (Å²) < 4.78 is 5.13. The molecule has 0 N–H and O–H groups in total. The van der Waals surface area contributed by atoms with Crippen molar-refractivity contribution in [1.29, 1.82) is 0 Å². The number of anilines is 1. The highest BCUT2D eigenvalue weighted by molar-refractivity contribution is 6.03. The van der Waals surface area contributed by atoms with Gasteiger partial charge in [-0.1, -0.05) is 12.1 Å². The van der Waals surface area contributed by atoms with Crippen molar-refractivity contribution < 1.29 is 14.5 Å². The van der Waals surface area contributed by atoms with Gasteiger partial charge in [-0.3, -0.25) is 14.9 Å². The molecule has 0 aliphatic heterocycles. The fourth-order valence-electron chi connectivity index (χ4n) is 2.90. The van der Waals surface area contributed by atoms with Gasteiger partial charge in [-0.25, -0.2) is 0 Å². The fourth-order valence-corrected chi connectivity index (χ4v) is 2.90. The Balaban J connectivity index is 1.83.